The van der Waals surface area contributed by atoms with E-state index in [-0.39, 0.29) is 0 Å². The molecule has 0 aromatic carbocycles. The highest BCUT2D eigenvalue weighted by atomic mass is 32.2. The molecule has 0 amide bonds. The lowest BCUT2D eigenvalue weighted by atomic mass is 9.78. The number of sulfonamides is 1. The fourth-order valence-corrected chi connectivity index (χ4v) is 3.52. The predicted molar refractivity (Wildman–Crippen MR) is 88.0 cm³/mol. The van der Waals surface area contributed by atoms with Crippen LogP contribution in [0.2, 0.25) is 0 Å². The molecular weight excluding hydrogens is 288 g/mol. The van der Waals surface area contributed by atoms with Crippen molar-refractivity contribution in [3.8, 4) is 0 Å². The van der Waals surface area contributed by atoms with Crippen molar-refractivity contribution in [1.82, 2.24) is 14.9 Å². The molecular formula is C14H30N4O2S. The summed E-state index contributed by atoms with van der Waals surface area (Å²) in [5.74, 6) is 0.868. The second kappa shape index (κ2) is 7.98. The average molecular weight is 318 g/mol. The number of likely N-dealkylation sites (tertiary alicyclic amines) is 1. The van der Waals surface area contributed by atoms with Crippen molar-refractivity contribution in [3.05, 3.63) is 0 Å². The van der Waals surface area contributed by atoms with Gasteiger partial charge in [-0.3, -0.25) is 4.99 Å². The highest BCUT2D eigenvalue weighted by Gasteiger charge is 2.31. The molecule has 7 heteroatoms. The Kier molecular flexibility index (Phi) is 6.93. The molecule has 0 saturated carbocycles. The Labute approximate surface area is 129 Å². The Morgan fingerprint density at radius 3 is 2.67 bits per heavy atom. The molecule has 1 rings (SSSR count). The van der Waals surface area contributed by atoms with Gasteiger partial charge in [-0.1, -0.05) is 20.3 Å². The zero-order chi connectivity index (χ0) is 15.9. The van der Waals surface area contributed by atoms with Gasteiger partial charge in [0.05, 0.1) is 6.26 Å². The van der Waals surface area contributed by atoms with Gasteiger partial charge in [0.2, 0.25) is 10.0 Å². The first-order valence-electron chi connectivity index (χ1n) is 7.70. The smallest absolute Gasteiger partial charge is 0.208 e. The van der Waals surface area contributed by atoms with Gasteiger partial charge in [0.15, 0.2) is 5.96 Å². The number of rotatable bonds is 6. The Balaban J connectivity index is 2.48. The summed E-state index contributed by atoms with van der Waals surface area (Å²) in [6.45, 7) is 7.52. The fraction of sp³-hybridized carbons (Fsp3) is 0.929. The predicted octanol–water partition coefficient (Wildman–Crippen LogP) is 1.01. The summed E-state index contributed by atoms with van der Waals surface area (Å²) < 4.78 is 24.5. The number of piperidine rings is 1. The third kappa shape index (κ3) is 6.65. The molecule has 1 fully saturated rings. The van der Waals surface area contributed by atoms with Crippen molar-refractivity contribution < 1.29 is 8.42 Å². The van der Waals surface area contributed by atoms with Crippen LogP contribution in [0.15, 0.2) is 4.99 Å². The molecule has 124 valence electrons. The van der Waals surface area contributed by atoms with Crippen molar-refractivity contribution in [1.29, 1.82) is 0 Å². The molecule has 21 heavy (non-hydrogen) atoms. The third-order valence-corrected chi connectivity index (χ3v) is 4.65. The van der Waals surface area contributed by atoms with Crippen LogP contribution in [0.5, 0.6) is 0 Å². The summed E-state index contributed by atoms with van der Waals surface area (Å²) in [4.78, 5) is 6.62. The van der Waals surface area contributed by atoms with E-state index >= 15 is 0 Å². The van der Waals surface area contributed by atoms with E-state index in [1.807, 2.05) is 0 Å². The lowest BCUT2D eigenvalue weighted by molar-refractivity contribution is 0.143. The molecule has 0 spiro atoms. The van der Waals surface area contributed by atoms with Gasteiger partial charge in [-0.25, -0.2) is 13.1 Å². The molecule has 1 aliphatic rings. The van der Waals surface area contributed by atoms with Crippen LogP contribution in [-0.4, -0.2) is 58.8 Å². The Morgan fingerprint density at radius 1 is 1.38 bits per heavy atom. The fourth-order valence-electron chi connectivity index (χ4n) is 3.05. The summed E-state index contributed by atoms with van der Waals surface area (Å²) in [7, 11) is -1.35. The first kappa shape index (κ1) is 18.2. The maximum atomic E-state index is 11.0. The molecule has 0 aromatic heterocycles. The quantitative estimate of drug-likeness (QED) is 0.435. The highest BCUT2D eigenvalue weighted by molar-refractivity contribution is 7.88. The standard InChI is InChI=1S/C14H30N4O2S/c1-5-7-14(2)8-6-11-18(12-14)13(15-3)16-9-10-17-21(4,19)20/h17H,5-12H2,1-4H3,(H,15,16). The van der Waals surface area contributed by atoms with E-state index in [9.17, 15) is 8.42 Å². The van der Waals surface area contributed by atoms with Gasteiger partial charge in [-0.2, -0.15) is 0 Å². The monoisotopic (exact) mass is 318 g/mol. The van der Waals surface area contributed by atoms with Crippen LogP contribution >= 0.6 is 0 Å². The maximum Gasteiger partial charge on any atom is 0.208 e. The van der Waals surface area contributed by atoms with E-state index in [1.165, 1.54) is 31.9 Å². The van der Waals surface area contributed by atoms with Crippen LogP contribution in [0.1, 0.15) is 39.5 Å². The topological polar surface area (TPSA) is 73.8 Å². The van der Waals surface area contributed by atoms with E-state index in [0.29, 0.717) is 18.5 Å². The SMILES string of the molecule is CCCC1(C)CCCN(C(=NC)NCCNS(C)(=O)=O)C1. The second-order valence-corrected chi connectivity index (χ2v) is 8.06. The molecule has 1 heterocycles. The summed E-state index contributed by atoms with van der Waals surface area (Å²) in [6.07, 6.45) is 6.05. The molecule has 0 bridgehead atoms. The number of guanidine groups is 1. The Bertz CT molecular complexity index is 446. The van der Waals surface area contributed by atoms with Crippen molar-refractivity contribution in [2.75, 3.05) is 39.5 Å². The van der Waals surface area contributed by atoms with E-state index in [0.717, 1.165) is 19.0 Å². The average Bonchev–Trinajstić information content (AvgIpc) is 2.37. The third-order valence-electron chi connectivity index (χ3n) is 3.92. The number of hydrogen-bond donors (Lipinski definition) is 2. The summed E-state index contributed by atoms with van der Waals surface area (Å²) in [6, 6.07) is 0. The normalized spacial score (nSPS) is 24.2. The van der Waals surface area contributed by atoms with Crippen LogP contribution in [0.25, 0.3) is 0 Å². The molecule has 1 atom stereocenters. The maximum absolute atomic E-state index is 11.0. The number of aliphatic imine (C=N–C) groups is 1. The van der Waals surface area contributed by atoms with E-state index in [1.54, 1.807) is 7.05 Å². The van der Waals surface area contributed by atoms with Gasteiger partial charge in [0, 0.05) is 33.2 Å². The van der Waals surface area contributed by atoms with Crippen molar-refractivity contribution in [2.45, 2.75) is 39.5 Å². The van der Waals surface area contributed by atoms with Crippen LogP contribution in [0, 0.1) is 5.41 Å². The van der Waals surface area contributed by atoms with Gasteiger partial charge in [0.1, 0.15) is 0 Å². The first-order valence-corrected chi connectivity index (χ1v) is 9.59. The molecule has 2 N–H and O–H groups in total. The van der Waals surface area contributed by atoms with Crippen LogP contribution in [-0.2, 0) is 10.0 Å². The zero-order valence-electron chi connectivity index (χ0n) is 13.8. The highest BCUT2D eigenvalue weighted by Crippen LogP contribution is 2.33. The van der Waals surface area contributed by atoms with Crippen LogP contribution in [0.3, 0.4) is 0 Å². The molecule has 0 aromatic rings. The molecule has 0 aliphatic carbocycles. The molecule has 1 unspecified atom stereocenters. The molecule has 1 saturated heterocycles. The van der Waals surface area contributed by atoms with Crippen molar-refractivity contribution >= 4 is 16.0 Å². The molecule has 0 radical (unpaired) electrons. The molecule has 6 nitrogen and oxygen atoms in total. The van der Waals surface area contributed by atoms with E-state index in [2.05, 4.69) is 33.8 Å². The van der Waals surface area contributed by atoms with Crippen molar-refractivity contribution in [3.63, 3.8) is 0 Å². The Morgan fingerprint density at radius 2 is 2.10 bits per heavy atom. The van der Waals surface area contributed by atoms with Crippen molar-refractivity contribution in [2.24, 2.45) is 10.4 Å². The first-order chi connectivity index (χ1) is 9.79. The minimum absolute atomic E-state index is 0.357. The summed E-state index contributed by atoms with van der Waals surface area (Å²) in [5, 5.41) is 3.24. The minimum atomic E-state index is -3.12. The largest absolute Gasteiger partial charge is 0.355 e. The van der Waals surface area contributed by atoms with E-state index < -0.39 is 10.0 Å². The van der Waals surface area contributed by atoms with Gasteiger partial charge >= 0.3 is 0 Å². The lowest BCUT2D eigenvalue weighted by Gasteiger charge is -2.42. The minimum Gasteiger partial charge on any atom is -0.355 e. The molecule has 1 aliphatic heterocycles. The zero-order valence-corrected chi connectivity index (χ0v) is 14.6. The van der Waals surface area contributed by atoms with Gasteiger partial charge in [-0.15, -0.1) is 0 Å². The number of nitrogens with zero attached hydrogens (tertiary/aromatic N) is 2. The van der Waals surface area contributed by atoms with E-state index in [4.69, 9.17) is 0 Å². The summed E-state index contributed by atoms with van der Waals surface area (Å²) >= 11 is 0. The van der Waals surface area contributed by atoms with Gasteiger partial charge < -0.3 is 10.2 Å². The van der Waals surface area contributed by atoms with Crippen LogP contribution in [0.4, 0.5) is 0 Å². The van der Waals surface area contributed by atoms with Gasteiger partial charge in [0.25, 0.3) is 0 Å². The Hall–Kier alpha value is -0.820. The van der Waals surface area contributed by atoms with Crippen LogP contribution < -0.4 is 10.0 Å². The lowest BCUT2D eigenvalue weighted by Crippen LogP contribution is -2.50. The second-order valence-electron chi connectivity index (χ2n) is 6.23. The number of nitrogens with one attached hydrogen (secondary N) is 2. The number of hydrogen-bond acceptors (Lipinski definition) is 3. The van der Waals surface area contributed by atoms with Gasteiger partial charge in [-0.05, 0) is 24.7 Å². The summed E-state index contributed by atoms with van der Waals surface area (Å²) in [5.41, 5.74) is 0.357.